The number of ether oxygens (including phenoxy) is 2. The average Bonchev–Trinajstić information content (AvgIpc) is 2.23. The first kappa shape index (κ1) is 17.2. The van der Waals surface area contributed by atoms with Crippen molar-refractivity contribution >= 4 is 18.0 Å². The zero-order chi connectivity index (χ0) is 15.1. The highest BCUT2D eigenvalue weighted by molar-refractivity contribution is 5.87. The third-order valence-electron chi connectivity index (χ3n) is 1.84. The first-order valence-electron chi connectivity index (χ1n) is 6.08. The second kappa shape index (κ2) is 7.60. The maximum absolute atomic E-state index is 11.6. The summed E-state index contributed by atoms with van der Waals surface area (Å²) in [6.07, 6.45) is -0.689. The topological polar surface area (TPSA) is 93.7 Å². The number of amides is 2. The molecule has 7 nitrogen and oxygen atoms in total. The number of alkyl carbamates (subject to hydrolysis) is 1. The van der Waals surface area contributed by atoms with Gasteiger partial charge < -0.3 is 20.1 Å². The summed E-state index contributed by atoms with van der Waals surface area (Å²) in [7, 11) is 0. The lowest BCUT2D eigenvalue weighted by Gasteiger charge is -2.21. The van der Waals surface area contributed by atoms with Crippen LogP contribution in [0, 0.1) is 0 Å². The van der Waals surface area contributed by atoms with Gasteiger partial charge in [0.1, 0.15) is 18.2 Å². The molecular formula is C12H22N2O5. The van der Waals surface area contributed by atoms with Crippen LogP contribution in [0.15, 0.2) is 0 Å². The summed E-state index contributed by atoms with van der Waals surface area (Å²) in [5, 5.41) is 4.72. The van der Waals surface area contributed by atoms with Gasteiger partial charge in [0.15, 0.2) is 0 Å². The lowest BCUT2D eigenvalue weighted by Crippen LogP contribution is -2.47. The molecule has 0 aliphatic rings. The van der Waals surface area contributed by atoms with E-state index >= 15 is 0 Å². The van der Waals surface area contributed by atoms with Crippen molar-refractivity contribution in [3.63, 3.8) is 0 Å². The molecule has 0 bridgehead atoms. The van der Waals surface area contributed by atoms with Crippen LogP contribution in [-0.2, 0) is 19.1 Å². The Labute approximate surface area is 113 Å². The van der Waals surface area contributed by atoms with Gasteiger partial charge in [-0.3, -0.25) is 9.59 Å². The van der Waals surface area contributed by atoms with Gasteiger partial charge in [0.05, 0.1) is 6.61 Å². The molecule has 1 atom stereocenters. The predicted octanol–water partition coefficient (Wildman–Crippen LogP) is 0.579. The normalized spacial score (nSPS) is 12.3. The van der Waals surface area contributed by atoms with Crippen LogP contribution in [0.4, 0.5) is 4.79 Å². The summed E-state index contributed by atoms with van der Waals surface area (Å²) in [5.74, 6) is -1.01. The number of rotatable bonds is 5. The molecule has 0 unspecified atom stereocenters. The van der Waals surface area contributed by atoms with Gasteiger partial charge in [-0.05, 0) is 34.6 Å². The van der Waals surface area contributed by atoms with E-state index in [9.17, 15) is 14.4 Å². The zero-order valence-corrected chi connectivity index (χ0v) is 12.0. The molecule has 0 spiro atoms. The Balaban J connectivity index is 4.07. The Kier molecular flexibility index (Phi) is 6.89. The van der Waals surface area contributed by atoms with E-state index in [2.05, 4.69) is 15.4 Å². The molecule has 0 rings (SSSR count). The molecule has 0 aromatic heterocycles. The van der Waals surface area contributed by atoms with Crippen LogP contribution in [0.2, 0.25) is 0 Å². The van der Waals surface area contributed by atoms with E-state index in [1.54, 1.807) is 27.7 Å². The molecule has 0 radical (unpaired) electrons. The van der Waals surface area contributed by atoms with E-state index in [1.807, 2.05) is 0 Å². The van der Waals surface area contributed by atoms with Crippen molar-refractivity contribution in [3.8, 4) is 0 Å². The average molecular weight is 274 g/mol. The highest BCUT2D eigenvalue weighted by atomic mass is 16.6. The Morgan fingerprint density at radius 1 is 1.21 bits per heavy atom. The monoisotopic (exact) mass is 274 g/mol. The standard InChI is InChI=1S/C12H22N2O5/c1-6-18-9(15)7-13-10(16)8(2)14-11(17)19-12(3,4)5/h8H,6-7H2,1-5H3,(H,13,16)(H,14,17)/t8-/m1/s1. The quantitative estimate of drug-likeness (QED) is 0.715. The molecule has 110 valence electrons. The highest BCUT2D eigenvalue weighted by Gasteiger charge is 2.21. The fourth-order valence-electron chi connectivity index (χ4n) is 1.07. The maximum atomic E-state index is 11.6. The van der Waals surface area contributed by atoms with Gasteiger partial charge in [0, 0.05) is 0 Å². The Hall–Kier alpha value is -1.79. The van der Waals surface area contributed by atoms with Crippen LogP contribution in [0.25, 0.3) is 0 Å². The molecule has 2 amide bonds. The molecule has 0 heterocycles. The van der Waals surface area contributed by atoms with Crippen LogP contribution in [0.1, 0.15) is 34.6 Å². The van der Waals surface area contributed by atoms with Gasteiger partial charge in [0.2, 0.25) is 5.91 Å². The molecule has 19 heavy (non-hydrogen) atoms. The van der Waals surface area contributed by atoms with Gasteiger partial charge in [-0.25, -0.2) is 4.79 Å². The first-order valence-corrected chi connectivity index (χ1v) is 6.08. The summed E-state index contributed by atoms with van der Waals surface area (Å²) in [4.78, 5) is 34.0. The molecule has 0 saturated heterocycles. The van der Waals surface area contributed by atoms with E-state index in [0.29, 0.717) is 0 Å². The minimum Gasteiger partial charge on any atom is -0.465 e. The van der Waals surface area contributed by atoms with Gasteiger partial charge in [-0.2, -0.15) is 0 Å². The van der Waals surface area contributed by atoms with Crippen molar-refractivity contribution in [2.24, 2.45) is 0 Å². The lowest BCUT2D eigenvalue weighted by atomic mass is 10.2. The molecular weight excluding hydrogens is 252 g/mol. The highest BCUT2D eigenvalue weighted by Crippen LogP contribution is 2.06. The SMILES string of the molecule is CCOC(=O)CNC(=O)[C@@H](C)NC(=O)OC(C)(C)C. The van der Waals surface area contributed by atoms with Crippen molar-refractivity contribution in [2.75, 3.05) is 13.2 Å². The third-order valence-corrected chi connectivity index (χ3v) is 1.84. The minimum atomic E-state index is -0.802. The first-order chi connectivity index (χ1) is 8.65. The Morgan fingerprint density at radius 3 is 2.26 bits per heavy atom. The van der Waals surface area contributed by atoms with Crippen LogP contribution >= 0.6 is 0 Å². The molecule has 2 N–H and O–H groups in total. The summed E-state index contributed by atoms with van der Waals surface area (Å²) in [6.45, 7) is 8.35. The number of hydrogen-bond acceptors (Lipinski definition) is 5. The maximum Gasteiger partial charge on any atom is 0.408 e. The predicted molar refractivity (Wildman–Crippen MR) is 68.5 cm³/mol. The van der Waals surface area contributed by atoms with Crippen molar-refractivity contribution < 1.29 is 23.9 Å². The van der Waals surface area contributed by atoms with E-state index in [4.69, 9.17) is 4.74 Å². The van der Waals surface area contributed by atoms with Crippen molar-refractivity contribution in [2.45, 2.75) is 46.3 Å². The number of hydrogen-bond donors (Lipinski definition) is 2. The number of carbonyl (C=O) groups excluding carboxylic acids is 3. The van der Waals surface area contributed by atoms with Crippen LogP contribution < -0.4 is 10.6 Å². The number of esters is 1. The molecule has 0 saturated carbocycles. The van der Waals surface area contributed by atoms with E-state index in [1.165, 1.54) is 6.92 Å². The smallest absolute Gasteiger partial charge is 0.408 e. The van der Waals surface area contributed by atoms with Gasteiger partial charge in [-0.15, -0.1) is 0 Å². The second-order valence-corrected chi connectivity index (χ2v) is 4.89. The van der Waals surface area contributed by atoms with E-state index < -0.39 is 29.6 Å². The second-order valence-electron chi connectivity index (χ2n) is 4.89. The van der Waals surface area contributed by atoms with Crippen LogP contribution in [-0.4, -0.2) is 42.8 Å². The van der Waals surface area contributed by atoms with Crippen molar-refractivity contribution in [1.29, 1.82) is 0 Å². The minimum absolute atomic E-state index is 0.229. The van der Waals surface area contributed by atoms with Crippen molar-refractivity contribution in [1.82, 2.24) is 10.6 Å². The molecule has 0 fully saturated rings. The fourth-order valence-corrected chi connectivity index (χ4v) is 1.07. The van der Waals surface area contributed by atoms with E-state index in [0.717, 1.165) is 0 Å². The summed E-state index contributed by atoms with van der Waals surface area (Å²) in [5.41, 5.74) is -0.634. The van der Waals surface area contributed by atoms with Crippen LogP contribution in [0.3, 0.4) is 0 Å². The van der Waals surface area contributed by atoms with E-state index in [-0.39, 0.29) is 13.2 Å². The third kappa shape index (κ3) is 8.87. The zero-order valence-electron chi connectivity index (χ0n) is 12.0. The fraction of sp³-hybridized carbons (Fsp3) is 0.750. The number of nitrogens with one attached hydrogen (secondary N) is 2. The molecule has 7 heteroatoms. The summed E-state index contributed by atoms with van der Waals surface area (Å²) in [6, 6.07) is -0.802. The lowest BCUT2D eigenvalue weighted by molar-refractivity contribution is -0.143. The van der Waals surface area contributed by atoms with Gasteiger partial charge in [0.25, 0.3) is 0 Å². The Bertz CT molecular complexity index is 336. The summed E-state index contributed by atoms with van der Waals surface area (Å²) >= 11 is 0. The van der Waals surface area contributed by atoms with Gasteiger partial charge in [-0.1, -0.05) is 0 Å². The largest absolute Gasteiger partial charge is 0.465 e. The summed E-state index contributed by atoms with van der Waals surface area (Å²) < 4.78 is 9.65. The molecule has 0 aliphatic carbocycles. The Morgan fingerprint density at radius 2 is 1.79 bits per heavy atom. The molecule has 0 aromatic rings. The molecule has 0 aromatic carbocycles. The molecule has 0 aliphatic heterocycles. The number of carbonyl (C=O) groups is 3. The van der Waals surface area contributed by atoms with Crippen molar-refractivity contribution in [3.05, 3.63) is 0 Å². The van der Waals surface area contributed by atoms with Crippen LogP contribution in [0.5, 0.6) is 0 Å². The van der Waals surface area contributed by atoms with Gasteiger partial charge >= 0.3 is 12.1 Å².